The molecule has 2 heterocycles. The van der Waals surface area contributed by atoms with Crippen molar-refractivity contribution in [3.8, 4) is 0 Å². The topological polar surface area (TPSA) is 264 Å². The van der Waals surface area contributed by atoms with Crippen molar-refractivity contribution < 1.29 is 39.6 Å². The lowest BCUT2D eigenvalue weighted by Gasteiger charge is -2.29. The summed E-state index contributed by atoms with van der Waals surface area (Å²) in [4.78, 5) is 23.5. The van der Waals surface area contributed by atoms with Crippen LogP contribution in [-0.4, -0.2) is 142 Å². The van der Waals surface area contributed by atoms with E-state index in [2.05, 4.69) is 55.7 Å². The van der Waals surface area contributed by atoms with Gasteiger partial charge in [-0.1, -0.05) is 19.1 Å². The number of aromatic nitrogens is 4. The number of likely N-dealkylation sites (tertiary alicyclic amines) is 1. The third-order valence-corrected chi connectivity index (χ3v) is 12.7. The maximum absolute atomic E-state index is 11.8. The van der Waals surface area contributed by atoms with Crippen molar-refractivity contribution in [1.29, 1.82) is 0 Å². The molecule has 2 fully saturated rings. The molecule has 1 saturated heterocycles. The Bertz CT molecular complexity index is 1530. The molecule has 1 aromatic heterocycles. The van der Waals surface area contributed by atoms with E-state index in [1.165, 1.54) is 0 Å². The summed E-state index contributed by atoms with van der Waals surface area (Å²) in [6, 6.07) is 0.726. The van der Waals surface area contributed by atoms with Gasteiger partial charge in [0.15, 0.2) is 15.7 Å². The van der Waals surface area contributed by atoms with Crippen LogP contribution in [0.5, 0.6) is 0 Å². The summed E-state index contributed by atoms with van der Waals surface area (Å²) in [6.45, 7) is 30.0. The van der Waals surface area contributed by atoms with Gasteiger partial charge in [-0.15, -0.1) is 10.2 Å². The second-order valence-electron chi connectivity index (χ2n) is 16.0. The third kappa shape index (κ3) is 35.3. The Labute approximate surface area is 351 Å². The largest absolute Gasteiger partial charge is 0.450 e. The Balaban J connectivity index is -0.000000631. The maximum Gasteiger partial charge on any atom is 0.407 e. The molecule has 58 heavy (non-hydrogen) atoms. The molecule has 6 N–H and O–H groups in total. The molecular formula is C36H80N10O9S3. The van der Waals surface area contributed by atoms with E-state index in [0.717, 1.165) is 50.9 Å². The van der Waals surface area contributed by atoms with E-state index in [0.29, 0.717) is 12.5 Å². The van der Waals surface area contributed by atoms with Gasteiger partial charge in [0.05, 0.1) is 28.6 Å². The number of ether oxygens (including phenoxy) is 1. The number of hydrogen-bond acceptors (Lipinski definition) is 13. The molecule has 0 radical (unpaired) electrons. The first-order chi connectivity index (χ1) is 26.4. The molecule has 1 aliphatic carbocycles. The van der Waals surface area contributed by atoms with Gasteiger partial charge in [-0.25, -0.2) is 44.3 Å². The molecule has 0 bridgehead atoms. The van der Waals surface area contributed by atoms with Gasteiger partial charge in [-0.3, -0.25) is 0 Å². The second kappa shape index (κ2) is 30.4. The lowest BCUT2D eigenvalue weighted by Crippen LogP contribution is -2.42. The summed E-state index contributed by atoms with van der Waals surface area (Å²) in [6.07, 6.45) is 4.42. The molecule has 1 saturated carbocycles. The normalized spacial score (nSPS) is 14.8. The van der Waals surface area contributed by atoms with Crippen molar-refractivity contribution in [3.63, 3.8) is 0 Å². The SMILES string of the molecule is CC(C)NC(=O)NC(C)C.CC(C)NS(C)(=O)=O.CC(C)S(=O)(=O)C1CCN(C)CC1.CC(C)S(=O)(=O)NC1CC1.CC(C)c1nn[nH]n1.CCOC(=O)NC(C)C. The third-order valence-electron chi connectivity index (χ3n) is 7.17. The molecule has 1 aromatic rings. The highest BCUT2D eigenvalue weighted by atomic mass is 32.2. The number of aromatic amines is 1. The average molecular weight is 893 g/mol. The van der Waals surface area contributed by atoms with Gasteiger partial charge < -0.3 is 25.6 Å². The van der Waals surface area contributed by atoms with Crippen molar-refractivity contribution in [1.82, 2.24) is 50.9 Å². The van der Waals surface area contributed by atoms with Gasteiger partial charge in [-0.05, 0) is 136 Å². The molecule has 346 valence electrons. The number of alkyl carbamates (subject to hydrolysis) is 1. The van der Waals surface area contributed by atoms with Crippen LogP contribution < -0.4 is 25.4 Å². The molecule has 0 unspecified atom stereocenters. The Hall–Kier alpha value is -2.66. The Morgan fingerprint density at radius 1 is 0.741 bits per heavy atom. The first-order valence-electron chi connectivity index (χ1n) is 20.0. The van der Waals surface area contributed by atoms with Gasteiger partial charge in [0, 0.05) is 36.1 Å². The minimum Gasteiger partial charge on any atom is -0.450 e. The lowest BCUT2D eigenvalue weighted by atomic mass is 10.1. The highest BCUT2D eigenvalue weighted by Gasteiger charge is 2.31. The Morgan fingerprint density at radius 2 is 1.21 bits per heavy atom. The minimum atomic E-state index is -2.98. The number of sulfone groups is 1. The zero-order valence-corrected chi connectivity index (χ0v) is 40.8. The van der Waals surface area contributed by atoms with Crippen LogP contribution in [-0.2, 0) is 34.6 Å². The molecule has 22 heteroatoms. The fraction of sp³-hybridized carbons (Fsp3) is 0.917. The fourth-order valence-electron chi connectivity index (χ4n) is 4.08. The van der Waals surface area contributed by atoms with E-state index in [-0.39, 0.29) is 58.1 Å². The highest BCUT2D eigenvalue weighted by molar-refractivity contribution is 7.92. The highest BCUT2D eigenvalue weighted by Crippen LogP contribution is 2.21. The van der Waals surface area contributed by atoms with Crippen LogP contribution in [0.1, 0.15) is 141 Å². The van der Waals surface area contributed by atoms with Gasteiger partial charge in [0.2, 0.25) is 20.0 Å². The molecule has 0 atom stereocenters. The van der Waals surface area contributed by atoms with Gasteiger partial charge in [-0.2, -0.15) is 5.21 Å². The number of carbonyl (C=O) groups excluding carboxylic acids is 2. The molecule has 3 rings (SSSR count). The van der Waals surface area contributed by atoms with E-state index in [4.69, 9.17) is 0 Å². The average Bonchev–Trinajstić information content (AvgIpc) is 3.65. The molecule has 0 spiro atoms. The van der Waals surface area contributed by atoms with Crippen molar-refractivity contribution in [2.45, 2.75) is 181 Å². The number of sulfonamides is 2. The van der Waals surface area contributed by atoms with Crippen molar-refractivity contribution in [3.05, 3.63) is 5.82 Å². The van der Waals surface area contributed by atoms with E-state index >= 15 is 0 Å². The number of hydrogen-bond donors (Lipinski definition) is 6. The standard InChI is InChI=1S/C9H19NO2S.C7H16N2O.C6H13NO2S.C6H13NO2.C4H8N4.C4H11NO2S/c1-8(2)13(11,12)9-4-6-10(3)7-5-9;1-5(2)8-7(10)9-6(3)4;1-5(2)10(8,9)7-6-3-4-6;1-4-9-6(8)7-5(2)3;1-3(2)4-5-7-8-6-4;1-4(2)5-8(3,6)7/h8-9H,4-7H2,1-3H3;5-6H,1-4H3,(H2,8,9,10);5-7H,3-4H2,1-2H3;5H,4H2,1-3H3,(H,7,8);3H,1-2H3,(H,5,6,7,8);4-5H,1-3H3. The van der Waals surface area contributed by atoms with E-state index < -0.39 is 29.9 Å². The number of amides is 3. The van der Waals surface area contributed by atoms with Gasteiger partial charge in [0.1, 0.15) is 0 Å². The molecule has 3 amide bonds. The number of nitrogens with zero attached hydrogens (tertiary/aromatic N) is 4. The number of urea groups is 1. The first-order valence-corrected chi connectivity index (χ1v) is 25.1. The summed E-state index contributed by atoms with van der Waals surface area (Å²) >= 11 is 0. The van der Waals surface area contributed by atoms with E-state index in [1.807, 2.05) is 62.4 Å². The summed E-state index contributed by atoms with van der Waals surface area (Å²) in [7, 11) is -6.77. The van der Waals surface area contributed by atoms with Crippen LogP contribution in [0.25, 0.3) is 0 Å². The van der Waals surface area contributed by atoms with Crippen LogP contribution in [0.4, 0.5) is 9.59 Å². The Morgan fingerprint density at radius 3 is 1.47 bits per heavy atom. The fourth-order valence-corrected chi connectivity index (χ4v) is 7.55. The zero-order chi connectivity index (χ0) is 46.0. The predicted molar refractivity (Wildman–Crippen MR) is 233 cm³/mol. The number of carbonyl (C=O) groups is 2. The van der Waals surface area contributed by atoms with Crippen LogP contribution in [0, 0.1) is 0 Å². The Kier molecular flexibility index (Phi) is 31.2. The van der Waals surface area contributed by atoms with Crippen molar-refractivity contribution in [2.75, 3.05) is 33.0 Å². The number of tetrazole rings is 1. The summed E-state index contributed by atoms with van der Waals surface area (Å²) in [5.74, 6) is 1.14. The summed E-state index contributed by atoms with van der Waals surface area (Å²) < 4.78 is 75.9. The van der Waals surface area contributed by atoms with Crippen molar-refractivity contribution in [2.24, 2.45) is 0 Å². The number of piperidine rings is 1. The maximum atomic E-state index is 11.8. The monoisotopic (exact) mass is 893 g/mol. The van der Waals surface area contributed by atoms with Crippen LogP contribution in [0.15, 0.2) is 0 Å². The quantitative estimate of drug-likeness (QED) is 0.174. The number of rotatable bonds is 12. The molecule has 0 aromatic carbocycles. The van der Waals surface area contributed by atoms with Crippen LogP contribution in [0.2, 0.25) is 0 Å². The van der Waals surface area contributed by atoms with Crippen molar-refractivity contribution >= 4 is 42.0 Å². The second-order valence-corrected chi connectivity index (χ2v) is 22.9. The van der Waals surface area contributed by atoms with Crippen LogP contribution >= 0.6 is 0 Å². The smallest absolute Gasteiger partial charge is 0.407 e. The first kappa shape index (κ1) is 59.7. The molecule has 1 aliphatic heterocycles. The van der Waals surface area contributed by atoms with Gasteiger partial charge in [0.25, 0.3) is 0 Å². The summed E-state index contributed by atoms with van der Waals surface area (Å²) in [5, 5.41) is 20.7. The molecular weight excluding hydrogens is 813 g/mol. The lowest BCUT2D eigenvalue weighted by molar-refractivity contribution is 0.149. The number of H-pyrrole nitrogens is 1. The summed E-state index contributed by atoms with van der Waals surface area (Å²) in [5.41, 5.74) is 0. The van der Waals surface area contributed by atoms with Gasteiger partial charge >= 0.3 is 12.1 Å². The van der Waals surface area contributed by atoms with E-state index in [9.17, 15) is 34.8 Å². The molecule has 2 aliphatic rings. The minimum absolute atomic E-state index is 0.00463. The number of nitrogens with one attached hydrogen (secondary N) is 6. The molecule has 19 nitrogen and oxygen atoms in total. The zero-order valence-electron chi connectivity index (χ0n) is 38.3. The van der Waals surface area contributed by atoms with E-state index in [1.54, 1.807) is 48.5 Å². The van der Waals surface area contributed by atoms with Crippen LogP contribution in [0.3, 0.4) is 0 Å². The predicted octanol–water partition coefficient (Wildman–Crippen LogP) is 3.89.